The normalized spacial score (nSPS) is 20.2. The molecule has 0 aromatic heterocycles. The van der Waals surface area contributed by atoms with Gasteiger partial charge >= 0.3 is 5.97 Å². The maximum atomic E-state index is 12.0. The number of ether oxygens (including phenoxy) is 2. The molecule has 0 aliphatic carbocycles. The highest BCUT2D eigenvalue weighted by Crippen LogP contribution is 2.20. The van der Waals surface area contributed by atoms with Gasteiger partial charge in [-0.25, -0.2) is 0 Å². The molecule has 0 radical (unpaired) electrons. The van der Waals surface area contributed by atoms with Gasteiger partial charge in [0, 0.05) is 26.7 Å². The molecule has 0 aromatic carbocycles. The van der Waals surface area contributed by atoms with Gasteiger partial charge in [-0.15, -0.1) is 0 Å². The molecule has 0 spiro atoms. The predicted octanol–water partition coefficient (Wildman–Crippen LogP) is -0.259. The van der Waals surface area contributed by atoms with Crippen LogP contribution in [0.4, 0.5) is 0 Å². The second kappa shape index (κ2) is 7.18. The Morgan fingerprint density at radius 1 is 1.37 bits per heavy atom. The zero-order chi connectivity index (χ0) is 14.5. The lowest BCUT2D eigenvalue weighted by Crippen LogP contribution is -2.47. The summed E-state index contributed by atoms with van der Waals surface area (Å²) < 4.78 is 37.5. The van der Waals surface area contributed by atoms with E-state index in [1.54, 1.807) is 6.92 Å². The Kier molecular flexibility index (Phi) is 6.18. The Bertz CT molecular complexity index is 390. The first-order valence-electron chi connectivity index (χ1n) is 6.26. The van der Waals surface area contributed by atoms with E-state index in [4.69, 9.17) is 4.74 Å². The van der Waals surface area contributed by atoms with Crippen molar-refractivity contribution < 1.29 is 22.7 Å². The second-order valence-electron chi connectivity index (χ2n) is 4.60. The SMILES string of the molecule is COC(=O)C1CCN(S(=O)(=O)NCC(C)OC)CC1. The van der Waals surface area contributed by atoms with Gasteiger partial charge in [0.2, 0.25) is 0 Å². The van der Waals surface area contributed by atoms with Crippen LogP contribution in [0.25, 0.3) is 0 Å². The molecule has 0 saturated carbocycles. The number of rotatable bonds is 6. The van der Waals surface area contributed by atoms with Crippen LogP contribution in [0.1, 0.15) is 19.8 Å². The fraction of sp³-hybridized carbons (Fsp3) is 0.909. The lowest BCUT2D eigenvalue weighted by atomic mass is 9.99. The Hall–Kier alpha value is -0.700. The lowest BCUT2D eigenvalue weighted by Gasteiger charge is -2.30. The van der Waals surface area contributed by atoms with Crippen LogP contribution in [-0.4, -0.2) is 58.7 Å². The smallest absolute Gasteiger partial charge is 0.308 e. The van der Waals surface area contributed by atoms with Crippen molar-refractivity contribution in [1.82, 2.24) is 9.03 Å². The maximum Gasteiger partial charge on any atom is 0.308 e. The maximum absolute atomic E-state index is 12.0. The molecule has 1 aliphatic rings. The van der Waals surface area contributed by atoms with Crippen molar-refractivity contribution >= 4 is 16.2 Å². The van der Waals surface area contributed by atoms with Crippen molar-refractivity contribution in [3.8, 4) is 0 Å². The summed E-state index contributed by atoms with van der Waals surface area (Å²) in [5, 5.41) is 0. The van der Waals surface area contributed by atoms with E-state index < -0.39 is 10.2 Å². The van der Waals surface area contributed by atoms with Gasteiger partial charge in [0.15, 0.2) is 0 Å². The number of nitrogens with one attached hydrogen (secondary N) is 1. The third-order valence-corrected chi connectivity index (χ3v) is 4.86. The minimum atomic E-state index is -3.49. The van der Waals surface area contributed by atoms with Crippen molar-refractivity contribution in [3.63, 3.8) is 0 Å². The number of hydrogen-bond acceptors (Lipinski definition) is 5. The summed E-state index contributed by atoms with van der Waals surface area (Å²) in [5.41, 5.74) is 0. The molecule has 7 nitrogen and oxygen atoms in total. The number of piperidine rings is 1. The van der Waals surface area contributed by atoms with Crippen molar-refractivity contribution in [1.29, 1.82) is 0 Å². The molecule has 1 rings (SSSR count). The Morgan fingerprint density at radius 2 is 1.95 bits per heavy atom. The molecule has 0 amide bonds. The summed E-state index contributed by atoms with van der Waals surface area (Å²) in [6.45, 7) is 2.68. The third kappa shape index (κ3) is 4.72. The first kappa shape index (κ1) is 16.4. The molecule has 1 saturated heterocycles. The summed E-state index contributed by atoms with van der Waals surface area (Å²) in [7, 11) is -0.618. The van der Waals surface area contributed by atoms with Crippen LogP contribution >= 0.6 is 0 Å². The van der Waals surface area contributed by atoms with Gasteiger partial charge in [-0.1, -0.05) is 0 Å². The molecule has 1 N–H and O–H groups in total. The van der Waals surface area contributed by atoms with Gasteiger partial charge in [-0.05, 0) is 19.8 Å². The van der Waals surface area contributed by atoms with Crippen LogP contribution in [0.3, 0.4) is 0 Å². The van der Waals surface area contributed by atoms with E-state index >= 15 is 0 Å². The Labute approximate surface area is 114 Å². The van der Waals surface area contributed by atoms with Gasteiger partial charge in [0.1, 0.15) is 0 Å². The number of methoxy groups -OCH3 is 2. The molecule has 0 aromatic rings. The van der Waals surface area contributed by atoms with E-state index in [-0.39, 0.29) is 24.5 Å². The molecule has 1 aliphatic heterocycles. The van der Waals surface area contributed by atoms with E-state index in [0.717, 1.165) is 0 Å². The van der Waals surface area contributed by atoms with E-state index in [0.29, 0.717) is 25.9 Å². The predicted molar refractivity (Wildman–Crippen MR) is 69.7 cm³/mol. The molecule has 0 bridgehead atoms. The van der Waals surface area contributed by atoms with Crippen LogP contribution in [0.5, 0.6) is 0 Å². The molecule has 1 heterocycles. The minimum absolute atomic E-state index is 0.178. The lowest BCUT2D eigenvalue weighted by molar-refractivity contribution is -0.146. The summed E-state index contributed by atoms with van der Waals surface area (Å²) in [6, 6.07) is 0. The standard InChI is InChI=1S/C11H22N2O5S/c1-9(17-2)8-12-19(15,16)13-6-4-10(5-7-13)11(14)18-3/h9-10,12H,4-8H2,1-3H3. The number of esters is 1. The van der Waals surface area contributed by atoms with Gasteiger partial charge in [0.05, 0.1) is 19.1 Å². The first-order valence-corrected chi connectivity index (χ1v) is 7.70. The van der Waals surface area contributed by atoms with E-state index in [1.165, 1.54) is 18.5 Å². The number of hydrogen-bond donors (Lipinski definition) is 1. The van der Waals surface area contributed by atoms with Crippen molar-refractivity contribution in [2.45, 2.75) is 25.9 Å². The summed E-state index contributed by atoms with van der Waals surface area (Å²) in [4.78, 5) is 11.4. The van der Waals surface area contributed by atoms with E-state index in [9.17, 15) is 13.2 Å². The van der Waals surface area contributed by atoms with Gasteiger partial charge in [-0.2, -0.15) is 17.4 Å². The van der Waals surface area contributed by atoms with Gasteiger partial charge in [0.25, 0.3) is 10.2 Å². The van der Waals surface area contributed by atoms with Crippen LogP contribution in [0, 0.1) is 5.92 Å². The summed E-state index contributed by atoms with van der Waals surface area (Å²) in [6.07, 6.45) is 0.809. The number of carbonyl (C=O) groups is 1. The molecule has 112 valence electrons. The van der Waals surface area contributed by atoms with Crippen LogP contribution in [0.2, 0.25) is 0 Å². The minimum Gasteiger partial charge on any atom is -0.469 e. The van der Waals surface area contributed by atoms with Crippen LogP contribution in [-0.2, 0) is 24.5 Å². The fourth-order valence-corrected chi connectivity index (χ4v) is 3.22. The summed E-state index contributed by atoms with van der Waals surface area (Å²) >= 11 is 0. The molecular formula is C11H22N2O5S. The van der Waals surface area contributed by atoms with E-state index in [2.05, 4.69) is 9.46 Å². The quantitative estimate of drug-likeness (QED) is 0.682. The van der Waals surface area contributed by atoms with Crippen molar-refractivity contribution in [2.24, 2.45) is 5.92 Å². The molecule has 19 heavy (non-hydrogen) atoms. The number of nitrogens with zero attached hydrogens (tertiary/aromatic N) is 1. The van der Waals surface area contributed by atoms with Crippen molar-refractivity contribution in [3.05, 3.63) is 0 Å². The molecular weight excluding hydrogens is 272 g/mol. The zero-order valence-corrected chi connectivity index (χ0v) is 12.4. The van der Waals surface area contributed by atoms with Crippen LogP contribution in [0.15, 0.2) is 0 Å². The Balaban J connectivity index is 2.47. The van der Waals surface area contributed by atoms with E-state index in [1.807, 2.05) is 0 Å². The topological polar surface area (TPSA) is 84.9 Å². The molecule has 1 atom stereocenters. The third-order valence-electron chi connectivity index (χ3n) is 3.28. The summed E-state index contributed by atoms with van der Waals surface area (Å²) in [5.74, 6) is -0.465. The second-order valence-corrected chi connectivity index (χ2v) is 6.35. The molecule has 1 unspecified atom stereocenters. The highest BCUT2D eigenvalue weighted by molar-refractivity contribution is 7.87. The van der Waals surface area contributed by atoms with Gasteiger partial charge in [-0.3, -0.25) is 4.79 Å². The van der Waals surface area contributed by atoms with Crippen LogP contribution < -0.4 is 4.72 Å². The Morgan fingerprint density at radius 3 is 2.42 bits per heavy atom. The molecule has 8 heteroatoms. The monoisotopic (exact) mass is 294 g/mol. The zero-order valence-electron chi connectivity index (χ0n) is 11.6. The highest BCUT2D eigenvalue weighted by Gasteiger charge is 2.31. The molecule has 1 fully saturated rings. The number of carbonyl (C=O) groups excluding carboxylic acids is 1. The van der Waals surface area contributed by atoms with Crippen molar-refractivity contribution in [2.75, 3.05) is 33.9 Å². The van der Waals surface area contributed by atoms with Gasteiger partial charge < -0.3 is 9.47 Å². The average Bonchev–Trinajstić information content (AvgIpc) is 2.44. The highest BCUT2D eigenvalue weighted by atomic mass is 32.2. The average molecular weight is 294 g/mol. The first-order chi connectivity index (χ1) is 8.90. The fourth-order valence-electron chi connectivity index (χ4n) is 1.90. The largest absolute Gasteiger partial charge is 0.469 e.